The number of aromatic nitrogens is 1. The Hall–Kier alpha value is -1.54. The quantitative estimate of drug-likeness (QED) is 0.731. The molecule has 126 valence electrons. The van der Waals surface area contributed by atoms with Crippen molar-refractivity contribution in [3.05, 3.63) is 18.0 Å². The average molecular weight is 332 g/mol. The maximum Gasteiger partial charge on any atom is 0.341 e. The molecule has 0 saturated carbocycles. The van der Waals surface area contributed by atoms with Gasteiger partial charge >= 0.3 is 5.97 Å². The molecule has 0 spiro atoms. The van der Waals surface area contributed by atoms with E-state index in [2.05, 4.69) is 4.72 Å². The summed E-state index contributed by atoms with van der Waals surface area (Å²) < 4.78 is 38.7. The molecule has 1 N–H and O–H groups in total. The molecule has 22 heavy (non-hydrogen) atoms. The standard InChI is InChI=1S/C14H24N2O5S/c1-6-21-14(17)11-7-16(4)8-12(11)15-22(18,19)9-13(20-5)10(2)3/h7-8,10,13,15H,6,9H2,1-5H3. The molecule has 1 aromatic rings. The van der Waals surface area contributed by atoms with Crippen LogP contribution in [0.1, 0.15) is 31.1 Å². The van der Waals surface area contributed by atoms with Crippen molar-refractivity contribution in [1.29, 1.82) is 0 Å². The monoisotopic (exact) mass is 332 g/mol. The second kappa shape index (κ2) is 7.64. The molecule has 1 atom stereocenters. The Bertz CT molecular complexity index is 607. The van der Waals surface area contributed by atoms with Gasteiger partial charge in [-0.05, 0) is 12.8 Å². The fourth-order valence-electron chi connectivity index (χ4n) is 1.99. The van der Waals surface area contributed by atoms with Gasteiger partial charge in [0.15, 0.2) is 0 Å². The highest BCUT2D eigenvalue weighted by Crippen LogP contribution is 2.20. The summed E-state index contributed by atoms with van der Waals surface area (Å²) in [5.74, 6) is -0.687. The van der Waals surface area contributed by atoms with E-state index in [0.717, 1.165) is 0 Å². The van der Waals surface area contributed by atoms with E-state index in [-0.39, 0.29) is 29.5 Å². The van der Waals surface area contributed by atoms with Crippen LogP contribution < -0.4 is 4.72 Å². The molecule has 0 aromatic carbocycles. The molecule has 7 nitrogen and oxygen atoms in total. The number of aryl methyl sites for hydroxylation is 1. The molecule has 1 aromatic heterocycles. The zero-order chi connectivity index (χ0) is 16.9. The first-order chi connectivity index (χ1) is 10.2. The Balaban J connectivity index is 2.96. The predicted molar refractivity (Wildman–Crippen MR) is 84.4 cm³/mol. The number of esters is 1. The first kappa shape index (κ1) is 18.5. The minimum Gasteiger partial charge on any atom is -0.462 e. The number of anilines is 1. The summed E-state index contributed by atoms with van der Waals surface area (Å²) in [6.07, 6.45) is 2.62. The molecule has 8 heteroatoms. The number of rotatable bonds is 8. The molecule has 1 heterocycles. The van der Waals surface area contributed by atoms with Crippen molar-refractivity contribution in [3.63, 3.8) is 0 Å². The second-order valence-corrected chi connectivity index (χ2v) is 7.14. The molecule has 0 amide bonds. The third kappa shape index (κ3) is 5.03. The van der Waals surface area contributed by atoms with Crippen LogP contribution in [0.15, 0.2) is 12.4 Å². The van der Waals surface area contributed by atoms with Crippen LogP contribution in [0.5, 0.6) is 0 Å². The summed E-state index contributed by atoms with van der Waals surface area (Å²) in [5.41, 5.74) is 0.394. The number of hydrogen-bond donors (Lipinski definition) is 1. The lowest BCUT2D eigenvalue weighted by Gasteiger charge is -2.19. The third-order valence-electron chi connectivity index (χ3n) is 3.15. The summed E-state index contributed by atoms with van der Waals surface area (Å²) in [6, 6.07) is 0. The van der Waals surface area contributed by atoms with Gasteiger partial charge in [-0.25, -0.2) is 13.2 Å². The highest BCUT2D eigenvalue weighted by molar-refractivity contribution is 7.92. The lowest BCUT2D eigenvalue weighted by molar-refractivity contribution is 0.0527. The normalized spacial score (nSPS) is 13.2. The SMILES string of the molecule is CCOC(=O)c1cn(C)cc1NS(=O)(=O)CC(OC)C(C)C. The van der Waals surface area contributed by atoms with Gasteiger partial charge in [-0.15, -0.1) is 0 Å². The molecule has 0 aliphatic carbocycles. The van der Waals surface area contributed by atoms with Crippen LogP contribution >= 0.6 is 0 Å². The maximum atomic E-state index is 12.3. The van der Waals surface area contributed by atoms with Crippen LogP contribution in [-0.2, 0) is 26.5 Å². The van der Waals surface area contributed by atoms with Crippen molar-refractivity contribution in [3.8, 4) is 0 Å². The summed E-state index contributed by atoms with van der Waals surface area (Å²) in [5, 5.41) is 0. The zero-order valence-electron chi connectivity index (χ0n) is 13.6. The fraction of sp³-hybridized carbons (Fsp3) is 0.643. The average Bonchev–Trinajstić information content (AvgIpc) is 2.76. The maximum absolute atomic E-state index is 12.3. The van der Waals surface area contributed by atoms with Gasteiger partial charge in [0.25, 0.3) is 0 Å². The lowest BCUT2D eigenvalue weighted by atomic mass is 10.1. The molecule has 0 bridgehead atoms. The molecule has 0 fully saturated rings. The summed E-state index contributed by atoms with van der Waals surface area (Å²) in [6.45, 7) is 5.68. The first-order valence-corrected chi connectivity index (χ1v) is 8.71. The smallest absolute Gasteiger partial charge is 0.341 e. The van der Waals surface area contributed by atoms with Crippen molar-refractivity contribution in [2.45, 2.75) is 26.9 Å². The van der Waals surface area contributed by atoms with Gasteiger partial charge < -0.3 is 14.0 Å². The van der Waals surface area contributed by atoms with Gasteiger partial charge in [-0.2, -0.15) is 0 Å². The molecule has 0 saturated heterocycles. The van der Waals surface area contributed by atoms with Crippen LogP contribution in [0.4, 0.5) is 5.69 Å². The van der Waals surface area contributed by atoms with E-state index in [1.54, 1.807) is 18.5 Å². The number of sulfonamides is 1. The van der Waals surface area contributed by atoms with Crippen molar-refractivity contribution < 1.29 is 22.7 Å². The second-order valence-electron chi connectivity index (χ2n) is 5.37. The summed E-state index contributed by atoms with van der Waals surface area (Å²) >= 11 is 0. The zero-order valence-corrected chi connectivity index (χ0v) is 14.4. The lowest BCUT2D eigenvalue weighted by Crippen LogP contribution is -2.31. The Morgan fingerprint density at radius 2 is 2.00 bits per heavy atom. The van der Waals surface area contributed by atoms with Gasteiger partial charge in [-0.3, -0.25) is 4.72 Å². The van der Waals surface area contributed by atoms with Gasteiger partial charge in [0.1, 0.15) is 5.56 Å². The Morgan fingerprint density at radius 3 is 2.50 bits per heavy atom. The molecule has 0 radical (unpaired) electrons. The van der Waals surface area contributed by atoms with E-state index in [1.807, 2.05) is 13.8 Å². The van der Waals surface area contributed by atoms with E-state index in [9.17, 15) is 13.2 Å². The Labute approximate surface area is 131 Å². The van der Waals surface area contributed by atoms with Crippen LogP contribution in [0.25, 0.3) is 0 Å². The number of nitrogens with one attached hydrogen (secondary N) is 1. The minimum absolute atomic E-state index is 0.0573. The number of carbonyl (C=O) groups excluding carboxylic acids is 1. The molecule has 1 rings (SSSR count). The molecule has 1 unspecified atom stereocenters. The highest BCUT2D eigenvalue weighted by Gasteiger charge is 2.24. The molecular formula is C14H24N2O5S. The van der Waals surface area contributed by atoms with Gasteiger partial charge in [0.2, 0.25) is 10.0 Å². The topological polar surface area (TPSA) is 86.6 Å². The fourth-order valence-corrected chi connectivity index (χ4v) is 3.53. The number of hydrogen-bond acceptors (Lipinski definition) is 5. The number of carbonyl (C=O) groups is 1. The van der Waals surface area contributed by atoms with E-state index < -0.39 is 22.1 Å². The van der Waals surface area contributed by atoms with Gasteiger partial charge in [0, 0.05) is 26.6 Å². The van der Waals surface area contributed by atoms with E-state index in [4.69, 9.17) is 9.47 Å². The third-order valence-corrected chi connectivity index (χ3v) is 4.44. The Kier molecular flexibility index (Phi) is 6.43. The van der Waals surface area contributed by atoms with Crippen LogP contribution in [-0.4, -0.2) is 44.5 Å². The van der Waals surface area contributed by atoms with Crippen LogP contribution in [0.3, 0.4) is 0 Å². The van der Waals surface area contributed by atoms with Crippen molar-refractivity contribution in [2.75, 3.05) is 24.2 Å². The summed E-state index contributed by atoms with van der Waals surface area (Å²) in [7, 11) is -0.465. The summed E-state index contributed by atoms with van der Waals surface area (Å²) in [4.78, 5) is 11.9. The van der Waals surface area contributed by atoms with Gasteiger partial charge in [0.05, 0.1) is 24.2 Å². The highest BCUT2D eigenvalue weighted by atomic mass is 32.2. The van der Waals surface area contributed by atoms with Crippen molar-refractivity contribution in [2.24, 2.45) is 13.0 Å². The van der Waals surface area contributed by atoms with E-state index >= 15 is 0 Å². The molecular weight excluding hydrogens is 308 g/mol. The minimum atomic E-state index is -3.64. The van der Waals surface area contributed by atoms with Crippen molar-refractivity contribution in [1.82, 2.24) is 4.57 Å². The van der Waals surface area contributed by atoms with E-state index in [1.165, 1.54) is 19.5 Å². The number of methoxy groups -OCH3 is 1. The van der Waals surface area contributed by atoms with Gasteiger partial charge in [-0.1, -0.05) is 13.8 Å². The van der Waals surface area contributed by atoms with E-state index in [0.29, 0.717) is 0 Å². The molecule has 0 aliphatic rings. The van der Waals surface area contributed by atoms with Crippen LogP contribution in [0, 0.1) is 5.92 Å². The number of nitrogens with zero attached hydrogens (tertiary/aromatic N) is 1. The Morgan fingerprint density at radius 1 is 1.36 bits per heavy atom. The largest absolute Gasteiger partial charge is 0.462 e. The van der Waals surface area contributed by atoms with Crippen molar-refractivity contribution >= 4 is 21.7 Å². The molecule has 0 aliphatic heterocycles. The van der Waals surface area contributed by atoms with Crippen LogP contribution in [0.2, 0.25) is 0 Å². The first-order valence-electron chi connectivity index (χ1n) is 7.06. The predicted octanol–water partition coefficient (Wildman–Crippen LogP) is 1.61. The number of ether oxygens (including phenoxy) is 2.